The molecule has 0 heterocycles. The monoisotopic (exact) mass is 229 g/mol. The normalized spacial score (nSPS) is 10.8. The maximum atomic E-state index is 4.99. The molecule has 0 aliphatic rings. The molecular weight excluding hydrogens is 219 g/mol. The second kappa shape index (κ2) is 4.64. The molecule has 0 bridgehead atoms. The van der Waals surface area contributed by atoms with Crippen LogP contribution < -0.4 is 16.7 Å². The van der Waals surface area contributed by atoms with E-state index in [-0.39, 0.29) is 0 Å². The summed E-state index contributed by atoms with van der Waals surface area (Å²) in [7, 11) is 0. The summed E-state index contributed by atoms with van der Waals surface area (Å²) < 4.78 is 0.513. The van der Waals surface area contributed by atoms with E-state index in [0.29, 0.717) is 4.73 Å². The quantitative estimate of drug-likeness (QED) is 0.219. The van der Waals surface area contributed by atoms with E-state index in [4.69, 9.17) is 5.84 Å². The molecular formula is C7H9N4Se. The van der Waals surface area contributed by atoms with Crippen molar-refractivity contribution in [2.24, 2.45) is 10.9 Å². The molecule has 0 fully saturated rings. The van der Waals surface area contributed by atoms with Gasteiger partial charge in [0, 0.05) is 0 Å². The van der Waals surface area contributed by atoms with Gasteiger partial charge in [0.1, 0.15) is 0 Å². The Kier molecular flexibility index (Phi) is 3.44. The van der Waals surface area contributed by atoms with Gasteiger partial charge in [0.2, 0.25) is 0 Å². The molecule has 0 unspecified atom stereocenters. The topological polar surface area (TPSA) is 62.4 Å². The molecule has 0 saturated heterocycles. The summed E-state index contributed by atoms with van der Waals surface area (Å²) in [5, 5.41) is 3.39. The van der Waals surface area contributed by atoms with Crippen molar-refractivity contribution >= 4 is 26.4 Å². The third-order valence-electron chi connectivity index (χ3n) is 1.20. The summed E-state index contributed by atoms with van der Waals surface area (Å²) in [6.45, 7) is 0. The van der Waals surface area contributed by atoms with E-state index < -0.39 is 0 Å². The number of nitrogens with zero attached hydrogens (tertiary/aromatic N) is 1. The molecule has 4 N–H and O–H groups in total. The summed E-state index contributed by atoms with van der Waals surface area (Å²) >= 11 is 2.65. The van der Waals surface area contributed by atoms with Gasteiger partial charge in [-0.3, -0.25) is 0 Å². The van der Waals surface area contributed by atoms with Crippen molar-refractivity contribution in [3.8, 4) is 0 Å². The number of amidine groups is 1. The van der Waals surface area contributed by atoms with Crippen molar-refractivity contribution in [1.82, 2.24) is 5.43 Å². The Balaban J connectivity index is 2.44. The van der Waals surface area contributed by atoms with Crippen molar-refractivity contribution in [2.75, 3.05) is 5.43 Å². The first-order chi connectivity index (χ1) is 5.83. The van der Waals surface area contributed by atoms with Gasteiger partial charge in [-0.05, 0) is 0 Å². The van der Waals surface area contributed by atoms with Gasteiger partial charge in [-0.15, -0.1) is 0 Å². The number of hydrogen-bond acceptors (Lipinski definition) is 3. The number of nitrogens with one attached hydrogen (secondary N) is 2. The van der Waals surface area contributed by atoms with Crippen LogP contribution in [0, 0.1) is 0 Å². The molecule has 12 heavy (non-hydrogen) atoms. The van der Waals surface area contributed by atoms with Crippen LogP contribution in [0.5, 0.6) is 0 Å². The second-order valence-corrected chi connectivity index (χ2v) is 2.86. The van der Waals surface area contributed by atoms with Crippen LogP contribution in [0.25, 0.3) is 0 Å². The summed E-state index contributed by atoms with van der Waals surface area (Å²) in [6, 6.07) is 9.67. The Labute approximate surface area is 79.0 Å². The molecule has 0 atom stereocenters. The van der Waals surface area contributed by atoms with Gasteiger partial charge in [-0.25, -0.2) is 0 Å². The molecule has 0 saturated carbocycles. The summed E-state index contributed by atoms with van der Waals surface area (Å²) in [6.07, 6.45) is 0. The second-order valence-electron chi connectivity index (χ2n) is 2.05. The number of benzene rings is 1. The first-order valence-corrected chi connectivity index (χ1v) is 4.20. The van der Waals surface area contributed by atoms with Gasteiger partial charge in [-0.2, -0.15) is 0 Å². The van der Waals surface area contributed by atoms with Gasteiger partial charge < -0.3 is 0 Å². The van der Waals surface area contributed by atoms with E-state index in [2.05, 4.69) is 32.0 Å². The van der Waals surface area contributed by atoms with Gasteiger partial charge in [-0.1, -0.05) is 0 Å². The van der Waals surface area contributed by atoms with Crippen LogP contribution in [-0.4, -0.2) is 20.7 Å². The molecule has 0 aromatic heterocycles. The molecule has 0 aliphatic heterocycles. The van der Waals surface area contributed by atoms with Crippen LogP contribution in [0.4, 0.5) is 5.69 Å². The first kappa shape index (κ1) is 8.90. The average Bonchev–Trinajstić information content (AvgIpc) is 2.16. The zero-order valence-corrected chi connectivity index (χ0v) is 8.03. The first-order valence-electron chi connectivity index (χ1n) is 3.35. The third-order valence-corrected chi connectivity index (χ3v) is 1.64. The van der Waals surface area contributed by atoms with Crippen molar-refractivity contribution in [3.05, 3.63) is 30.3 Å². The number of hydrazine groups is 1. The molecule has 63 valence electrons. The van der Waals surface area contributed by atoms with E-state index in [1.807, 2.05) is 30.3 Å². The molecule has 1 aromatic carbocycles. The summed E-state index contributed by atoms with van der Waals surface area (Å²) in [5.74, 6) is 4.99. The fourth-order valence-corrected chi connectivity index (χ4v) is 0.786. The van der Waals surface area contributed by atoms with Crippen LogP contribution in [-0.2, 0) is 0 Å². The van der Waals surface area contributed by atoms with Crippen LogP contribution >= 0.6 is 0 Å². The minimum atomic E-state index is 0.513. The molecule has 0 spiro atoms. The van der Waals surface area contributed by atoms with Crippen molar-refractivity contribution in [2.45, 2.75) is 0 Å². The predicted octanol–water partition coefficient (Wildman–Crippen LogP) is 0.00130. The van der Waals surface area contributed by atoms with Crippen LogP contribution in [0.15, 0.2) is 35.4 Å². The summed E-state index contributed by atoms with van der Waals surface area (Å²) in [4.78, 5) is 0. The standard InChI is InChI=1S/C7H9N4Se/c8-9-7(12)11-10-6-4-2-1-3-5-6/h1-5,10H,8H2,(H,9,11). The van der Waals surface area contributed by atoms with Crippen LogP contribution in [0.3, 0.4) is 0 Å². The van der Waals surface area contributed by atoms with E-state index in [0.717, 1.165) is 5.69 Å². The third kappa shape index (κ3) is 2.82. The minimum absolute atomic E-state index is 0.513. The number of hydrogen-bond donors (Lipinski definition) is 3. The Morgan fingerprint density at radius 2 is 2.00 bits per heavy atom. The molecule has 1 radical (unpaired) electrons. The Morgan fingerprint density at radius 1 is 1.33 bits per heavy atom. The van der Waals surface area contributed by atoms with E-state index in [9.17, 15) is 0 Å². The molecule has 0 amide bonds. The Morgan fingerprint density at radius 3 is 2.58 bits per heavy atom. The average molecular weight is 228 g/mol. The van der Waals surface area contributed by atoms with Gasteiger partial charge >= 0.3 is 78.6 Å². The van der Waals surface area contributed by atoms with Crippen molar-refractivity contribution in [3.63, 3.8) is 0 Å². The fraction of sp³-hybridized carbons (Fsp3) is 0. The van der Waals surface area contributed by atoms with E-state index >= 15 is 0 Å². The maximum absolute atomic E-state index is 4.99. The molecule has 1 aromatic rings. The number of anilines is 1. The number of para-hydroxylation sites is 1. The van der Waals surface area contributed by atoms with Crippen LogP contribution in [0.1, 0.15) is 0 Å². The number of nitrogens with two attached hydrogens (primary N) is 1. The van der Waals surface area contributed by atoms with E-state index in [1.54, 1.807) is 0 Å². The molecule has 4 nitrogen and oxygen atoms in total. The van der Waals surface area contributed by atoms with E-state index in [1.165, 1.54) is 0 Å². The molecule has 5 heteroatoms. The SMILES string of the molecule is NN=C([Se])NNc1ccccc1. The van der Waals surface area contributed by atoms with Gasteiger partial charge in [0.05, 0.1) is 0 Å². The van der Waals surface area contributed by atoms with Gasteiger partial charge in [0.15, 0.2) is 0 Å². The van der Waals surface area contributed by atoms with Crippen LogP contribution in [0.2, 0.25) is 0 Å². The van der Waals surface area contributed by atoms with Crippen molar-refractivity contribution < 1.29 is 0 Å². The predicted molar refractivity (Wildman–Crippen MR) is 50.6 cm³/mol. The zero-order chi connectivity index (χ0) is 8.81. The molecule has 0 aliphatic carbocycles. The van der Waals surface area contributed by atoms with Crippen molar-refractivity contribution in [1.29, 1.82) is 0 Å². The number of rotatable bonds is 2. The molecule has 1 rings (SSSR count). The number of hydrazone groups is 1. The zero-order valence-electron chi connectivity index (χ0n) is 6.32. The van der Waals surface area contributed by atoms with Gasteiger partial charge in [0.25, 0.3) is 0 Å². The fourth-order valence-electron chi connectivity index (χ4n) is 0.679. The summed E-state index contributed by atoms with van der Waals surface area (Å²) in [5.41, 5.74) is 6.62. The Bertz CT molecular complexity index is 259. The Hall–Kier alpha value is -1.19.